The predicted octanol–water partition coefficient (Wildman–Crippen LogP) is 4.29. The van der Waals surface area contributed by atoms with Gasteiger partial charge < -0.3 is 15.7 Å². The fourth-order valence-electron chi connectivity index (χ4n) is 4.98. The molecule has 0 atom stereocenters. The first-order chi connectivity index (χ1) is 15.7. The van der Waals surface area contributed by atoms with Gasteiger partial charge in [0.2, 0.25) is 11.8 Å². The van der Waals surface area contributed by atoms with E-state index in [1.165, 1.54) is 30.5 Å². The minimum atomic E-state index is -1.25. The van der Waals surface area contributed by atoms with Crippen molar-refractivity contribution >= 4 is 23.5 Å². The third-order valence-electron chi connectivity index (χ3n) is 7.14. The van der Waals surface area contributed by atoms with E-state index in [1.54, 1.807) is 0 Å². The number of aliphatic carboxylic acids is 1. The first-order valence-corrected chi connectivity index (χ1v) is 11.8. The average Bonchev–Trinajstić information content (AvgIpc) is 3.24. The van der Waals surface area contributed by atoms with Gasteiger partial charge in [0, 0.05) is 17.5 Å². The molecule has 2 amide bonds. The molecule has 3 N–H and O–H groups in total. The van der Waals surface area contributed by atoms with Crippen molar-refractivity contribution in [3.8, 4) is 0 Å². The Bertz CT molecular complexity index is 1010. The van der Waals surface area contributed by atoms with Crippen LogP contribution < -0.4 is 10.6 Å². The van der Waals surface area contributed by atoms with Crippen molar-refractivity contribution < 1.29 is 19.5 Å². The van der Waals surface area contributed by atoms with Crippen molar-refractivity contribution in [1.29, 1.82) is 0 Å². The molecule has 0 aliphatic heterocycles. The fourth-order valence-corrected chi connectivity index (χ4v) is 4.98. The number of rotatable bonds is 6. The minimum Gasteiger partial charge on any atom is -0.480 e. The number of hydrogen-bond donors (Lipinski definition) is 3. The first kappa shape index (κ1) is 23.0. The number of fused-ring (bicyclic) bond motifs is 1. The fraction of sp³-hybridized carbons (Fsp3) is 0.444. The summed E-state index contributed by atoms with van der Waals surface area (Å²) in [5, 5.41) is 14.9. The van der Waals surface area contributed by atoms with Gasteiger partial charge in [-0.3, -0.25) is 9.59 Å². The summed E-state index contributed by atoms with van der Waals surface area (Å²) in [5.74, 6) is -0.934. The van der Waals surface area contributed by atoms with Crippen LogP contribution in [0.25, 0.3) is 0 Å². The van der Waals surface area contributed by atoms with Crippen molar-refractivity contribution in [3.05, 3.63) is 65.2 Å². The van der Waals surface area contributed by atoms with Crippen molar-refractivity contribution in [2.24, 2.45) is 11.8 Å². The SMILES string of the molecule is CC(C)(NC(=O)[C@H]1CC[C@@H](c2ccc(NC(=O)C3Cc4ccccc4C3)cc2)CC1)C(=O)O. The number of nitrogens with one attached hydrogen (secondary N) is 2. The van der Waals surface area contributed by atoms with E-state index in [1.807, 2.05) is 24.3 Å². The molecule has 174 valence electrons. The highest BCUT2D eigenvalue weighted by Crippen LogP contribution is 2.36. The summed E-state index contributed by atoms with van der Waals surface area (Å²) in [6, 6.07) is 16.3. The van der Waals surface area contributed by atoms with E-state index in [4.69, 9.17) is 0 Å². The van der Waals surface area contributed by atoms with Crippen LogP contribution >= 0.6 is 0 Å². The lowest BCUT2D eigenvalue weighted by molar-refractivity contribution is -0.146. The Kier molecular flexibility index (Phi) is 6.54. The maximum absolute atomic E-state index is 12.7. The monoisotopic (exact) mass is 448 g/mol. The maximum atomic E-state index is 12.7. The van der Waals surface area contributed by atoms with Gasteiger partial charge in [-0.05, 0) is 87.1 Å². The van der Waals surface area contributed by atoms with Gasteiger partial charge in [0.15, 0.2) is 0 Å². The van der Waals surface area contributed by atoms with Gasteiger partial charge in [0.05, 0.1) is 0 Å². The van der Waals surface area contributed by atoms with Crippen LogP contribution in [0.5, 0.6) is 0 Å². The Morgan fingerprint density at radius 3 is 1.94 bits per heavy atom. The smallest absolute Gasteiger partial charge is 0.328 e. The van der Waals surface area contributed by atoms with Crippen molar-refractivity contribution in [1.82, 2.24) is 5.32 Å². The summed E-state index contributed by atoms with van der Waals surface area (Å²) in [6.45, 7) is 3.01. The van der Waals surface area contributed by atoms with Crippen molar-refractivity contribution in [2.75, 3.05) is 5.32 Å². The van der Waals surface area contributed by atoms with Crippen LogP contribution in [0.15, 0.2) is 48.5 Å². The topological polar surface area (TPSA) is 95.5 Å². The molecule has 4 rings (SSSR count). The Labute approximate surface area is 194 Å². The Morgan fingerprint density at radius 1 is 0.818 bits per heavy atom. The second-order valence-corrected chi connectivity index (χ2v) is 9.95. The number of anilines is 1. The molecule has 2 aliphatic carbocycles. The standard InChI is InChI=1S/C27H32N2O4/c1-27(2,26(32)33)29-25(31)19-9-7-17(8-10-19)18-11-13-23(14-12-18)28-24(30)22-15-20-5-3-4-6-21(20)16-22/h3-6,11-14,17,19,22H,7-10,15-16H2,1-2H3,(H,28,30)(H,29,31)(H,32,33)/t17-,19+. The molecule has 1 fully saturated rings. The number of amides is 2. The molecule has 2 aromatic carbocycles. The molecule has 0 radical (unpaired) electrons. The lowest BCUT2D eigenvalue weighted by atomic mass is 9.78. The van der Waals surface area contributed by atoms with Gasteiger partial charge in [0.1, 0.15) is 5.54 Å². The molecule has 2 aromatic rings. The zero-order chi connectivity index (χ0) is 23.6. The van der Waals surface area contributed by atoms with E-state index in [2.05, 4.69) is 34.9 Å². The molecule has 1 saturated carbocycles. The number of carboxylic acid groups (broad SMARTS) is 1. The van der Waals surface area contributed by atoms with E-state index >= 15 is 0 Å². The van der Waals surface area contributed by atoms with Crippen LogP contribution in [-0.4, -0.2) is 28.4 Å². The van der Waals surface area contributed by atoms with E-state index in [9.17, 15) is 19.5 Å². The summed E-state index contributed by atoms with van der Waals surface area (Å²) in [6.07, 6.45) is 4.84. The highest BCUT2D eigenvalue weighted by molar-refractivity contribution is 5.93. The van der Waals surface area contributed by atoms with Gasteiger partial charge in [-0.25, -0.2) is 4.79 Å². The summed E-state index contributed by atoms with van der Waals surface area (Å²) in [5.41, 5.74) is 3.30. The molecule has 2 aliphatic rings. The molecule has 0 spiro atoms. The quantitative estimate of drug-likeness (QED) is 0.614. The van der Waals surface area contributed by atoms with Crippen LogP contribution in [-0.2, 0) is 27.2 Å². The van der Waals surface area contributed by atoms with Crippen LogP contribution in [0, 0.1) is 11.8 Å². The number of carbonyl (C=O) groups excluding carboxylic acids is 2. The number of hydrogen-bond acceptors (Lipinski definition) is 3. The van der Waals surface area contributed by atoms with Gasteiger partial charge >= 0.3 is 5.97 Å². The average molecular weight is 449 g/mol. The highest BCUT2D eigenvalue weighted by atomic mass is 16.4. The molecule has 33 heavy (non-hydrogen) atoms. The molecule has 0 bridgehead atoms. The number of carbonyl (C=O) groups is 3. The normalized spacial score (nSPS) is 20.7. The Morgan fingerprint density at radius 2 is 1.39 bits per heavy atom. The van der Waals surface area contributed by atoms with Crippen LogP contribution in [0.3, 0.4) is 0 Å². The van der Waals surface area contributed by atoms with Crippen molar-refractivity contribution in [2.45, 2.75) is 63.8 Å². The molecular formula is C27H32N2O4. The molecule has 0 heterocycles. The lowest BCUT2D eigenvalue weighted by Crippen LogP contribution is -2.51. The summed E-state index contributed by atoms with van der Waals surface area (Å²) in [4.78, 5) is 36.5. The third kappa shape index (κ3) is 5.27. The minimum absolute atomic E-state index is 0.0189. The van der Waals surface area contributed by atoms with Gasteiger partial charge in [-0.15, -0.1) is 0 Å². The summed E-state index contributed by atoms with van der Waals surface area (Å²) >= 11 is 0. The maximum Gasteiger partial charge on any atom is 0.328 e. The van der Waals surface area contributed by atoms with Crippen LogP contribution in [0.4, 0.5) is 5.69 Å². The molecule has 6 heteroatoms. The predicted molar refractivity (Wildman–Crippen MR) is 127 cm³/mol. The zero-order valence-electron chi connectivity index (χ0n) is 19.3. The van der Waals surface area contributed by atoms with Gasteiger partial charge in [0.25, 0.3) is 0 Å². The molecular weight excluding hydrogens is 416 g/mol. The molecule has 0 saturated heterocycles. The van der Waals surface area contributed by atoms with Gasteiger partial charge in [-0.1, -0.05) is 36.4 Å². The molecule has 6 nitrogen and oxygen atoms in total. The van der Waals surface area contributed by atoms with Crippen LogP contribution in [0.1, 0.15) is 62.1 Å². The number of carboxylic acids is 1. The second kappa shape index (κ2) is 9.38. The van der Waals surface area contributed by atoms with E-state index < -0.39 is 11.5 Å². The first-order valence-electron chi connectivity index (χ1n) is 11.8. The largest absolute Gasteiger partial charge is 0.480 e. The van der Waals surface area contributed by atoms with E-state index in [-0.39, 0.29) is 23.7 Å². The zero-order valence-corrected chi connectivity index (χ0v) is 19.3. The highest BCUT2D eigenvalue weighted by Gasteiger charge is 2.34. The Balaban J connectivity index is 1.27. The lowest BCUT2D eigenvalue weighted by Gasteiger charge is -2.30. The van der Waals surface area contributed by atoms with E-state index in [0.29, 0.717) is 5.92 Å². The summed E-state index contributed by atoms with van der Waals surface area (Å²) < 4.78 is 0. The Hall–Kier alpha value is -3.15. The van der Waals surface area contributed by atoms with Gasteiger partial charge in [-0.2, -0.15) is 0 Å². The second-order valence-electron chi connectivity index (χ2n) is 9.95. The van der Waals surface area contributed by atoms with Crippen LogP contribution in [0.2, 0.25) is 0 Å². The molecule has 0 unspecified atom stereocenters. The van der Waals surface area contributed by atoms with Crippen molar-refractivity contribution in [3.63, 3.8) is 0 Å². The third-order valence-corrected chi connectivity index (χ3v) is 7.14. The van der Waals surface area contributed by atoms with E-state index in [0.717, 1.165) is 44.2 Å². The number of benzene rings is 2. The summed E-state index contributed by atoms with van der Waals surface area (Å²) in [7, 11) is 0. The molecule has 0 aromatic heterocycles.